The number of nitrogens with one attached hydrogen (secondary N) is 1. The van der Waals surface area contributed by atoms with Crippen LogP contribution in [-0.4, -0.2) is 10.1 Å². The number of aromatic nitrogens is 1. The predicted molar refractivity (Wildman–Crippen MR) is 86.4 cm³/mol. The largest absolute Gasteiger partial charge is 0.508 e. The van der Waals surface area contributed by atoms with Crippen molar-refractivity contribution in [2.45, 2.75) is 26.3 Å². The van der Waals surface area contributed by atoms with Crippen molar-refractivity contribution in [2.75, 3.05) is 5.32 Å². The third-order valence-corrected chi connectivity index (χ3v) is 3.86. The maximum Gasteiger partial charge on any atom is 0.129 e. The number of phenols is 1. The van der Waals surface area contributed by atoms with Gasteiger partial charge in [0.15, 0.2) is 0 Å². The van der Waals surface area contributed by atoms with Crippen LogP contribution in [0, 0.1) is 6.92 Å². The van der Waals surface area contributed by atoms with Crippen LogP contribution >= 0.6 is 27.5 Å². The second kappa shape index (κ2) is 6.46. The Morgan fingerprint density at radius 3 is 2.75 bits per heavy atom. The van der Waals surface area contributed by atoms with Crippen molar-refractivity contribution in [2.24, 2.45) is 0 Å². The molecule has 1 unspecified atom stereocenters. The van der Waals surface area contributed by atoms with Gasteiger partial charge in [-0.1, -0.05) is 34.5 Å². The first kappa shape index (κ1) is 15.1. The number of nitrogens with zero attached hydrogens (tertiary/aromatic N) is 1. The van der Waals surface area contributed by atoms with E-state index in [4.69, 9.17) is 11.6 Å². The molecule has 0 aliphatic heterocycles. The fourth-order valence-electron chi connectivity index (χ4n) is 2.07. The van der Waals surface area contributed by atoms with E-state index >= 15 is 0 Å². The normalized spacial score (nSPS) is 12.2. The summed E-state index contributed by atoms with van der Waals surface area (Å²) >= 11 is 9.30. The first-order chi connectivity index (χ1) is 9.51. The van der Waals surface area contributed by atoms with Crippen molar-refractivity contribution in [3.8, 4) is 5.75 Å². The molecular formula is C15H16BrClN2O. The van der Waals surface area contributed by atoms with E-state index in [2.05, 4.69) is 33.2 Å². The van der Waals surface area contributed by atoms with Crippen molar-refractivity contribution in [3.63, 3.8) is 0 Å². The van der Waals surface area contributed by atoms with Gasteiger partial charge in [0.1, 0.15) is 10.9 Å². The van der Waals surface area contributed by atoms with E-state index in [1.165, 1.54) is 0 Å². The Morgan fingerprint density at radius 1 is 1.35 bits per heavy atom. The van der Waals surface area contributed by atoms with Gasteiger partial charge in [0.2, 0.25) is 0 Å². The van der Waals surface area contributed by atoms with Crippen LogP contribution in [-0.2, 0) is 0 Å². The minimum absolute atomic E-state index is 0.00850. The summed E-state index contributed by atoms with van der Waals surface area (Å²) in [4.78, 5) is 4.23. The lowest BCUT2D eigenvalue weighted by Crippen LogP contribution is -2.11. The molecule has 1 aromatic carbocycles. The highest BCUT2D eigenvalue weighted by atomic mass is 79.9. The van der Waals surface area contributed by atoms with Crippen LogP contribution in [0.4, 0.5) is 5.69 Å². The standard InChI is InChI=1S/C15H16BrClN2O/c1-3-12(11-8-10(16)4-6-14(11)20)19-13-5-7-15(17)18-9(13)2/h4-8,12,19-20H,3H2,1-2H3. The van der Waals surface area contributed by atoms with Crippen LogP contribution in [0.15, 0.2) is 34.8 Å². The minimum atomic E-state index is 0.00850. The predicted octanol–water partition coefficient (Wildman–Crippen LogP) is 5.07. The Morgan fingerprint density at radius 2 is 2.10 bits per heavy atom. The highest BCUT2D eigenvalue weighted by molar-refractivity contribution is 9.10. The Bertz CT molecular complexity index is 619. The van der Waals surface area contributed by atoms with E-state index in [1.807, 2.05) is 25.1 Å². The molecule has 0 saturated heterocycles. The van der Waals surface area contributed by atoms with Crippen molar-refractivity contribution < 1.29 is 5.11 Å². The lowest BCUT2D eigenvalue weighted by molar-refractivity contribution is 0.462. The zero-order chi connectivity index (χ0) is 14.7. The van der Waals surface area contributed by atoms with Gasteiger partial charge in [-0.2, -0.15) is 0 Å². The summed E-state index contributed by atoms with van der Waals surface area (Å²) in [5, 5.41) is 13.9. The van der Waals surface area contributed by atoms with Crippen LogP contribution in [0.2, 0.25) is 5.15 Å². The number of aromatic hydroxyl groups is 1. The van der Waals surface area contributed by atoms with Gasteiger partial charge in [-0.05, 0) is 43.7 Å². The van der Waals surface area contributed by atoms with E-state index in [1.54, 1.807) is 12.1 Å². The summed E-state index contributed by atoms with van der Waals surface area (Å²) in [6.45, 7) is 3.97. The summed E-state index contributed by atoms with van der Waals surface area (Å²) in [7, 11) is 0. The highest BCUT2D eigenvalue weighted by Crippen LogP contribution is 2.32. The van der Waals surface area contributed by atoms with Gasteiger partial charge >= 0.3 is 0 Å². The van der Waals surface area contributed by atoms with E-state index in [0.29, 0.717) is 5.15 Å². The van der Waals surface area contributed by atoms with Gasteiger partial charge in [-0.15, -0.1) is 0 Å². The molecule has 2 rings (SSSR count). The average molecular weight is 356 g/mol. The SMILES string of the molecule is CCC(Nc1ccc(Cl)nc1C)c1cc(Br)ccc1O. The smallest absolute Gasteiger partial charge is 0.129 e. The Hall–Kier alpha value is -1.26. The van der Waals surface area contributed by atoms with Crippen molar-refractivity contribution in [1.29, 1.82) is 0 Å². The number of aryl methyl sites for hydroxylation is 1. The minimum Gasteiger partial charge on any atom is -0.508 e. The van der Waals surface area contributed by atoms with Gasteiger partial charge in [-0.3, -0.25) is 0 Å². The number of hydrogen-bond donors (Lipinski definition) is 2. The highest BCUT2D eigenvalue weighted by Gasteiger charge is 2.15. The zero-order valence-corrected chi connectivity index (χ0v) is 13.7. The van der Waals surface area contributed by atoms with Crippen molar-refractivity contribution in [1.82, 2.24) is 4.98 Å². The molecule has 1 aromatic heterocycles. The third kappa shape index (κ3) is 3.44. The fraction of sp³-hybridized carbons (Fsp3) is 0.267. The summed E-state index contributed by atoms with van der Waals surface area (Å²) < 4.78 is 0.941. The molecule has 1 heterocycles. The van der Waals surface area contributed by atoms with Crippen LogP contribution < -0.4 is 5.32 Å². The van der Waals surface area contributed by atoms with Gasteiger partial charge in [0.25, 0.3) is 0 Å². The molecule has 3 nitrogen and oxygen atoms in total. The molecule has 20 heavy (non-hydrogen) atoms. The monoisotopic (exact) mass is 354 g/mol. The van der Waals surface area contributed by atoms with Crippen LogP contribution in [0.3, 0.4) is 0 Å². The molecule has 5 heteroatoms. The first-order valence-corrected chi connectivity index (χ1v) is 7.56. The molecule has 0 aliphatic rings. The summed E-state index contributed by atoms with van der Waals surface area (Å²) in [5.74, 6) is 0.284. The number of halogens is 2. The molecule has 0 fully saturated rings. The first-order valence-electron chi connectivity index (χ1n) is 6.39. The average Bonchev–Trinajstić information content (AvgIpc) is 2.41. The van der Waals surface area contributed by atoms with E-state index in [-0.39, 0.29) is 11.8 Å². The number of hydrogen-bond acceptors (Lipinski definition) is 3. The quantitative estimate of drug-likeness (QED) is 0.752. The molecule has 0 spiro atoms. The topological polar surface area (TPSA) is 45.2 Å². The number of phenolic OH excluding ortho intramolecular Hbond substituents is 1. The molecule has 0 aliphatic carbocycles. The maximum absolute atomic E-state index is 10.0. The molecule has 2 aromatic rings. The van der Waals surface area contributed by atoms with Gasteiger partial charge in [0, 0.05) is 10.0 Å². The summed E-state index contributed by atoms with van der Waals surface area (Å²) in [6.07, 6.45) is 0.839. The third-order valence-electron chi connectivity index (χ3n) is 3.15. The molecular weight excluding hydrogens is 340 g/mol. The lowest BCUT2D eigenvalue weighted by atomic mass is 10.0. The molecule has 106 valence electrons. The molecule has 0 radical (unpaired) electrons. The Balaban J connectivity index is 2.31. The number of pyridine rings is 1. The second-order valence-corrected chi connectivity index (χ2v) is 5.88. The number of anilines is 1. The second-order valence-electron chi connectivity index (χ2n) is 4.58. The molecule has 0 saturated carbocycles. The number of rotatable bonds is 4. The van der Waals surface area contributed by atoms with Crippen molar-refractivity contribution in [3.05, 3.63) is 51.2 Å². The zero-order valence-electron chi connectivity index (χ0n) is 11.3. The molecule has 2 N–H and O–H groups in total. The van der Waals surface area contributed by atoms with Crippen LogP contribution in [0.5, 0.6) is 5.75 Å². The Labute approximate surface area is 132 Å². The van der Waals surface area contributed by atoms with Gasteiger partial charge < -0.3 is 10.4 Å². The van der Waals surface area contributed by atoms with Gasteiger partial charge in [0.05, 0.1) is 17.4 Å². The summed E-state index contributed by atoms with van der Waals surface area (Å²) in [5.41, 5.74) is 2.61. The van der Waals surface area contributed by atoms with Crippen molar-refractivity contribution >= 4 is 33.2 Å². The van der Waals surface area contributed by atoms with Crippen LogP contribution in [0.25, 0.3) is 0 Å². The number of benzene rings is 1. The van der Waals surface area contributed by atoms with Gasteiger partial charge in [-0.25, -0.2) is 4.98 Å². The van der Waals surface area contributed by atoms with E-state index < -0.39 is 0 Å². The van der Waals surface area contributed by atoms with E-state index in [9.17, 15) is 5.11 Å². The van der Waals surface area contributed by atoms with Crippen LogP contribution in [0.1, 0.15) is 30.6 Å². The molecule has 0 bridgehead atoms. The maximum atomic E-state index is 10.0. The lowest BCUT2D eigenvalue weighted by Gasteiger charge is -2.21. The Kier molecular flexibility index (Phi) is 4.89. The van der Waals surface area contributed by atoms with E-state index in [0.717, 1.165) is 27.8 Å². The molecule has 0 amide bonds. The fourth-order valence-corrected chi connectivity index (χ4v) is 2.64. The summed E-state index contributed by atoms with van der Waals surface area (Å²) in [6, 6.07) is 9.11. The molecule has 1 atom stereocenters.